The third-order valence-corrected chi connectivity index (χ3v) is 4.85. The summed E-state index contributed by atoms with van der Waals surface area (Å²) in [5.74, 6) is 0. The molecule has 23 heavy (non-hydrogen) atoms. The quantitative estimate of drug-likeness (QED) is 0.419. The van der Waals surface area contributed by atoms with Crippen LogP contribution in [0.2, 0.25) is 0 Å². The highest BCUT2D eigenvalue weighted by molar-refractivity contribution is 7.10. The Hall–Kier alpha value is -2.43. The summed E-state index contributed by atoms with van der Waals surface area (Å²) in [6.45, 7) is 0. The molecule has 0 amide bonds. The summed E-state index contributed by atoms with van der Waals surface area (Å²) in [7, 11) is 0. The van der Waals surface area contributed by atoms with E-state index in [2.05, 4.69) is 5.16 Å². The maximum absolute atomic E-state index is 11.4. The van der Waals surface area contributed by atoms with Crippen LogP contribution in [0.4, 0.5) is 0 Å². The molecule has 1 aromatic heterocycles. The number of oxime groups is 1. The van der Waals surface area contributed by atoms with Crippen molar-refractivity contribution in [2.75, 3.05) is 0 Å². The molecule has 0 aliphatic carbocycles. The molecule has 0 bridgehead atoms. The summed E-state index contributed by atoms with van der Waals surface area (Å²) in [6, 6.07) is 22.7. The zero-order valence-electron chi connectivity index (χ0n) is 12.5. The van der Waals surface area contributed by atoms with Crippen LogP contribution in [0.5, 0.6) is 0 Å². The number of hydrogen-bond donors (Lipinski definition) is 2. The first kappa shape index (κ1) is 15.5. The molecule has 0 spiro atoms. The van der Waals surface area contributed by atoms with Crippen LogP contribution in [0.25, 0.3) is 0 Å². The smallest absolute Gasteiger partial charge is 0.129 e. The number of rotatable bonds is 5. The van der Waals surface area contributed by atoms with E-state index in [4.69, 9.17) is 0 Å². The van der Waals surface area contributed by atoms with Gasteiger partial charge in [0.15, 0.2) is 0 Å². The van der Waals surface area contributed by atoms with Crippen LogP contribution >= 0.6 is 11.3 Å². The van der Waals surface area contributed by atoms with Crippen LogP contribution in [0.3, 0.4) is 0 Å². The Morgan fingerprint density at radius 1 is 0.913 bits per heavy atom. The van der Waals surface area contributed by atoms with Gasteiger partial charge in [0.2, 0.25) is 0 Å². The summed E-state index contributed by atoms with van der Waals surface area (Å²) >= 11 is 1.49. The molecule has 0 saturated carbocycles. The fourth-order valence-electron chi connectivity index (χ4n) is 2.63. The predicted molar refractivity (Wildman–Crippen MR) is 93.1 cm³/mol. The minimum absolute atomic E-state index is 0.192. The molecule has 0 radical (unpaired) electrons. The molecular formula is C19H17NO2S. The monoisotopic (exact) mass is 323 g/mol. The van der Waals surface area contributed by atoms with Crippen LogP contribution in [0, 0.1) is 0 Å². The van der Waals surface area contributed by atoms with Crippen molar-refractivity contribution in [2.24, 2.45) is 5.16 Å². The molecule has 116 valence electrons. The Bertz CT molecular complexity index is 770. The minimum Gasteiger partial charge on any atom is -0.411 e. The number of hydrogen-bond acceptors (Lipinski definition) is 4. The predicted octanol–water partition coefficient (Wildman–Crippen LogP) is 4.25. The first-order valence-electron chi connectivity index (χ1n) is 7.32. The zero-order valence-corrected chi connectivity index (χ0v) is 13.3. The van der Waals surface area contributed by atoms with E-state index in [0.717, 1.165) is 16.0 Å². The Morgan fingerprint density at radius 2 is 1.57 bits per heavy atom. The largest absolute Gasteiger partial charge is 0.411 e. The van der Waals surface area contributed by atoms with E-state index >= 15 is 0 Å². The lowest BCUT2D eigenvalue weighted by Gasteiger charge is -2.28. The second-order valence-corrected chi connectivity index (χ2v) is 6.24. The average molecular weight is 323 g/mol. The molecule has 1 unspecified atom stereocenters. The SMILES string of the molecule is ON=C(CC(O)(c1ccccc1)c1cccs1)c1ccccc1. The van der Waals surface area contributed by atoms with Crippen LogP contribution in [0.15, 0.2) is 83.3 Å². The summed E-state index contributed by atoms with van der Waals surface area (Å²) in [4.78, 5) is 0.820. The molecule has 0 saturated heterocycles. The molecule has 3 nitrogen and oxygen atoms in total. The van der Waals surface area contributed by atoms with E-state index in [1.807, 2.05) is 78.2 Å². The molecule has 0 aliphatic rings. The van der Waals surface area contributed by atoms with Gasteiger partial charge < -0.3 is 10.3 Å². The highest BCUT2D eigenvalue weighted by Crippen LogP contribution is 2.36. The zero-order chi connectivity index (χ0) is 16.1. The highest BCUT2D eigenvalue weighted by atomic mass is 32.1. The van der Waals surface area contributed by atoms with Gasteiger partial charge in [0.05, 0.1) is 5.71 Å². The lowest BCUT2D eigenvalue weighted by atomic mass is 9.85. The Morgan fingerprint density at radius 3 is 2.13 bits per heavy atom. The molecule has 0 aliphatic heterocycles. The summed E-state index contributed by atoms with van der Waals surface area (Å²) in [5, 5.41) is 26.3. The van der Waals surface area contributed by atoms with Gasteiger partial charge in [-0.2, -0.15) is 0 Å². The Labute approximate surface area is 139 Å². The topological polar surface area (TPSA) is 52.8 Å². The summed E-state index contributed by atoms with van der Waals surface area (Å²) < 4.78 is 0. The van der Waals surface area contributed by atoms with Crippen LogP contribution in [0.1, 0.15) is 22.4 Å². The number of aliphatic hydroxyl groups is 1. The van der Waals surface area contributed by atoms with E-state index < -0.39 is 5.60 Å². The summed E-state index contributed by atoms with van der Waals surface area (Å²) in [6.07, 6.45) is 0.192. The Balaban J connectivity index is 2.04. The van der Waals surface area contributed by atoms with Crippen molar-refractivity contribution in [3.05, 3.63) is 94.2 Å². The fraction of sp³-hybridized carbons (Fsp3) is 0.105. The normalized spacial score (nSPS) is 14.4. The van der Waals surface area contributed by atoms with Crippen molar-refractivity contribution in [3.63, 3.8) is 0 Å². The molecule has 3 rings (SSSR count). The molecule has 4 heteroatoms. The van der Waals surface area contributed by atoms with Gasteiger partial charge in [-0.3, -0.25) is 0 Å². The van der Waals surface area contributed by atoms with E-state index in [9.17, 15) is 10.3 Å². The second kappa shape index (κ2) is 6.77. The lowest BCUT2D eigenvalue weighted by molar-refractivity contribution is 0.0920. The van der Waals surface area contributed by atoms with Crippen LogP contribution < -0.4 is 0 Å². The van der Waals surface area contributed by atoms with Gasteiger partial charge in [0.1, 0.15) is 5.60 Å². The minimum atomic E-state index is -1.23. The number of benzene rings is 2. The van der Waals surface area contributed by atoms with Gasteiger partial charge in [0.25, 0.3) is 0 Å². The van der Waals surface area contributed by atoms with E-state index in [1.54, 1.807) is 0 Å². The van der Waals surface area contributed by atoms with E-state index in [0.29, 0.717) is 5.71 Å². The second-order valence-electron chi connectivity index (χ2n) is 5.29. The fourth-order valence-corrected chi connectivity index (χ4v) is 3.47. The highest BCUT2D eigenvalue weighted by Gasteiger charge is 2.34. The van der Waals surface area contributed by atoms with E-state index in [-0.39, 0.29) is 6.42 Å². The summed E-state index contributed by atoms with van der Waals surface area (Å²) in [5.41, 5.74) is 0.790. The van der Waals surface area contributed by atoms with Crippen molar-refractivity contribution in [3.8, 4) is 0 Å². The van der Waals surface area contributed by atoms with Gasteiger partial charge >= 0.3 is 0 Å². The average Bonchev–Trinajstić information content (AvgIpc) is 3.16. The number of thiophene rings is 1. The van der Waals surface area contributed by atoms with Crippen molar-refractivity contribution in [2.45, 2.75) is 12.0 Å². The standard InChI is InChI=1S/C19H17NO2S/c21-19(18-12-7-13-23-18,16-10-5-2-6-11-16)14-17(20-22)15-8-3-1-4-9-15/h1-13,21-22H,14H2. The molecule has 3 aromatic rings. The van der Waals surface area contributed by atoms with Gasteiger partial charge in [-0.25, -0.2) is 0 Å². The van der Waals surface area contributed by atoms with Crippen molar-refractivity contribution in [1.82, 2.24) is 0 Å². The number of nitrogens with zero attached hydrogens (tertiary/aromatic N) is 1. The van der Waals surface area contributed by atoms with Gasteiger partial charge in [0, 0.05) is 11.3 Å². The third kappa shape index (κ3) is 3.18. The Kier molecular flexibility index (Phi) is 4.55. The maximum Gasteiger partial charge on any atom is 0.129 e. The molecule has 1 atom stereocenters. The molecule has 0 fully saturated rings. The van der Waals surface area contributed by atoms with Gasteiger partial charge in [-0.05, 0) is 22.6 Å². The van der Waals surface area contributed by atoms with Crippen molar-refractivity contribution >= 4 is 17.0 Å². The maximum atomic E-state index is 11.4. The van der Waals surface area contributed by atoms with Crippen LogP contribution in [-0.2, 0) is 5.60 Å². The van der Waals surface area contributed by atoms with Crippen LogP contribution in [-0.4, -0.2) is 16.0 Å². The molecule has 2 aromatic carbocycles. The molecular weight excluding hydrogens is 306 g/mol. The van der Waals surface area contributed by atoms with Gasteiger partial charge in [-0.15, -0.1) is 11.3 Å². The molecule has 1 heterocycles. The molecule has 2 N–H and O–H groups in total. The first-order chi connectivity index (χ1) is 11.2. The van der Waals surface area contributed by atoms with Gasteiger partial charge in [-0.1, -0.05) is 71.9 Å². The first-order valence-corrected chi connectivity index (χ1v) is 8.20. The van der Waals surface area contributed by atoms with Crippen molar-refractivity contribution in [1.29, 1.82) is 0 Å². The van der Waals surface area contributed by atoms with E-state index in [1.165, 1.54) is 11.3 Å². The van der Waals surface area contributed by atoms with Crippen molar-refractivity contribution < 1.29 is 10.3 Å². The lowest BCUT2D eigenvalue weighted by Crippen LogP contribution is -2.30. The third-order valence-electron chi connectivity index (χ3n) is 3.83.